The van der Waals surface area contributed by atoms with Crippen molar-refractivity contribution in [1.29, 1.82) is 0 Å². The fourth-order valence-corrected chi connectivity index (χ4v) is 3.12. The second-order valence-corrected chi connectivity index (χ2v) is 6.13. The third-order valence-corrected chi connectivity index (χ3v) is 4.16. The average Bonchev–Trinajstić information content (AvgIpc) is 2.70. The van der Waals surface area contributed by atoms with Crippen molar-refractivity contribution in [2.24, 2.45) is 0 Å². The van der Waals surface area contributed by atoms with Crippen LogP contribution in [0.5, 0.6) is 0 Å². The summed E-state index contributed by atoms with van der Waals surface area (Å²) in [5, 5.41) is 4.82. The third-order valence-electron chi connectivity index (χ3n) is 3.66. The minimum absolute atomic E-state index is 0.123. The van der Waals surface area contributed by atoms with Crippen LogP contribution >= 0.6 is 23.2 Å². The van der Waals surface area contributed by atoms with E-state index in [4.69, 9.17) is 23.2 Å². The minimum Gasteiger partial charge on any atom is -0.305 e. The van der Waals surface area contributed by atoms with Gasteiger partial charge in [0.2, 0.25) is 0 Å². The molecule has 0 spiro atoms. The molecule has 110 valence electrons. The summed E-state index contributed by atoms with van der Waals surface area (Å²) in [5.74, 6) is 0. The van der Waals surface area contributed by atoms with Crippen molar-refractivity contribution < 1.29 is 0 Å². The first-order chi connectivity index (χ1) is 9.72. The van der Waals surface area contributed by atoms with Gasteiger partial charge in [-0.15, -0.1) is 0 Å². The molecule has 0 fully saturated rings. The van der Waals surface area contributed by atoms with Gasteiger partial charge in [0.1, 0.15) is 0 Å². The number of rotatable bonds is 5. The summed E-state index contributed by atoms with van der Waals surface area (Å²) in [6.45, 7) is 3.13. The summed E-state index contributed by atoms with van der Waals surface area (Å²) in [7, 11) is 0. The molecule has 0 bridgehead atoms. The van der Waals surface area contributed by atoms with Crippen molar-refractivity contribution in [3.05, 3.63) is 39.7 Å². The molecule has 0 radical (unpaired) electrons. The summed E-state index contributed by atoms with van der Waals surface area (Å²) in [4.78, 5) is 4.47. The molecule has 1 heterocycles. The van der Waals surface area contributed by atoms with Gasteiger partial charge in [-0.3, -0.25) is 4.98 Å². The van der Waals surface area contributed by atoms with Crippen LogP contribution in [0.15, 0.2) is 23.9 Å². The zero-order valence-corrected chi connectivity index (χ0v) is 13.5. The Kier molecular flexibility index (Phi) is 6.34. The van der Waals surface area contributed by atoms with Crippen LogP contribution in [-0.2, 0) is 0 Å². The maximum atomic E-state index is 6.35. The number of allylic oxidation sites excluding steroid dienone is 1. The Morgan fingerprint density at radius 3 is 2.90 bits per heavy atom. The number of halogens is 2. The molecule has 0 amide bonds. The molecule has 1 N–H and O–H groups in total. The quantitative estimate of drug-likeness (QED) is 0.744. The highest BCUT2D eigenvalue weighted by atomic mass is 35.5. The monoisotopic (exact) mass is 312 g/mol. The van der Waals surface area contributed by atoms with Crippen LogP contribution in [0.1, 0.15) is 57.2 Å². The van der Waals surface area contributed by atoms with Gasteiger partial charge in [0.15, 0.2) is 0 Å². The van der Waals surface area contributed by atoms with Crippen LogP contribution in [0.25, 0.3) is 0 Å². The summed E-state index contributed by atoms with van der Waals surface area (Å²) in [6.07, 6.45) is 11.3. The molecular formula is C16H22Cl2N2. The van der Waals surface area contributed by atoms with Gasteiger partial charge in [-0.05, 0) is 44.7 Å². The Balaban J connectivity index is 2.28. The molecule has 2 rings (SSSR count). The summed E-state index contributed by atoms with van der Waals surface area (Å²) in [5.41, 5.74) is 2.32. The lowest BCUT2D eigenvalue weighted by molar-refractivity contribution is 0.556. The van der Waals surface area contributed by atoms with E-state index in [1.54, 1.807) is 12.3 Å². The predicted octanol–water partition coefficient (Wildman–Crippen LogP) is 5.32. The van der Waals surface area contributed by atoms with Crippen molar-refractivity contribution in [3.63, 3.8) is 0 Å². The maximum absolute atomic E-state index is 6.35. The van der Waals surface area contributed by atoms with E-state index in [1.165, 1.54) is 24.8 Å². The Morgan fingerprint density at radius 1 is 1.30 bits per heavy atom. The third kappa shape index (κ3) is 4.21. The Hall–Kier alpha value is -0.570. The number of hydrogen-bond acceptors (Lipinski definition) is 2. The van der Waals surface area contributed by atoms with E-state index >= 15 is 0 Å². The van der Waals surface area contributed by atoms with Gasteiger partial charge in [0, 0.05) is 6.20 Å². The summed E-state index contributed by atoms with van der Waals surface area (Å²) >= 11 is 12.3. The van der Waals surface area contributed by atoms with Crippen molar-refractivity contribution >= 4 is 23.2 Å². The zero-order valence-electron chi connectivity index (χ0n) is 12.0. The molecule has 1 atom stereocenters. The fourth-order valence-electron chi connectivity index (χ4n) is 2.63. The highest BCUT2D eigenvalue weighted by Crippen LogP contribution is 2.32. The van der Waals surface area contributed by atoms with E-state index in [0.717, 1.165) is 31.5 Å². The lowest BCUT2D eigenvalue weighted by atomic mass is 9.98. The molecule has 0 saturated carbocycles. The van der Waals surface area contributed by atoms with Gasteiger partial charge in [0.25, 0.3) is 0 Å². The topological polar surface area (TPSA) is 24.9 Å². The molecule has 0 aromatic carbocycles. The van der Waals surface area contributed by atoms with Gasteiger partial charge in [0.05, 0.1) is 21.8 Å². The zero-order chi connectivity index (χ0) is 14.4. The van der Waals surface area contributed by atoms with Crippen LogP contribution in [0.4, 0.5) is 0 Å². The molecule has 4 heteroatoms. The second kappa shape index (κ2) is 8.02. The van der Waals surface area contributed by atoms with Gasteiger partial charge in [-0.1, -0.05) is 48.2 Å². The normalized spacial score (nSPS) is 17.4. The highest BCUT2D eigenvalue weighted by Gasteiger charge is 2.21. The van der Waals surface area contributed by atoms with Gasteiger partial charge in [-0.25, -0.2) is 0 Å². The fraction of sp³-hybridized carbons (Fsp3) is 0.562. The van der Waals surface area contributed by atoms with E-state index < -0.39 is 0 Å². The Labute approximate surface area is 131 Å². The summed E-state index contributed by atoms with van der Waals surface area (Å²) in [6, 6.07) is 1.90. The molecule has 20 heavy (non-hydrogen) atoms. The molecule has 1 aliphatic rings. The lowest BCUT2D eigenvalue weighted by Crippen LogP contribution is -2.25. The number of aromatic nitrogens is 1. The van der Waals surface area contributed by atoms with Crippen LogP contribution in [0.3, 0.4) is 0 Å². The Bertz CT molecular complexity index is 472. The first-order valence-electron chi connectivity index (χ1n) is 7.45. The van der Waals surface area contributed by atoms with Crippen molar-refractivity contribution in [2.75, 3.05) is 6.54 Å². The molecule has 0 saturated heterocycles. The van der Waals surface area contributed by atoms with Gasteiger partial charge < -0.3 is 5.32 Å². The SMILES string of the molecule is CCCNC(C1=CCCCCC1)c1ncc(Cl)cc1Cl. The van der Waals surface area contributed by atoms with Crippen molar-refractivity contribution in [2.45, 2.75) is 51.5 Å². The van der Waals surface area contributed by atoms with E-state index in [9.17, 15) is 0 Å². The van der Waals surface area contributed by atoms with E-state index in [-0.39, 0.29) is 6.04 Å². The number of nitrogens with one attached hydrogen (secondary N) is 1. The molecular weight excluding hydrogens is 291 g/mol. The first-order valence-corrected chi connectivity index (χ1v) is 8.21. The van der Waals surface area contributed by atoms with E-state index in [1.807, 2.05) is 0 Å². The smallest absolute Gasteiger partial charge is 0.0802 e. The average molecular weight is 313 g/mol. The molecule has 0 aliphatic heterocycles. The van der Waals surface area contributed by atoms with Crippen LogP contribution < -0.4 is 5.32 Å². The molecule has 1 unspecified atom stereocenters. The largest absolute Gasteiger partial charge is 0.305 e. The second-order valence-electron chi connectivity index (χ2n) is 5.29. The number of pyridine rings is 1. The van der Waals surface area contributed by atoms with Crippen molar-refractivity contribution in [1.82, 2.24) is 10.3 Å². The van der Waals surface area contributed by atoms with E-state index in [0.29, 0.717) is 10.0 Å². The standard InChI is InChI=1S/C16H22Cl2N2/c1-2-9-19-15(12-7-5-3-4-6-8-12)16-14(18)10-13(17)11-20-16/h7,10-11,15,19H,2-6,8-9H2,1H3. The molecule has 2 nitrogen and oxygen atoms in total. The van der Waals surface area contributed by atoms with Gasteiger partial charge in [-0.2, -0.15) is 0 Å². The molecule has 1 aromatic rings. The highest BCUT2D eigenvalue weighted by molar-refractivity contribution is 6.34. The van der Waals surface area contributed by atoms with Crippen LogP contribution in [0.2, 0.25) is 10.0 Å². The van der Waals surface area contributed by atoms with Crippen molar-refractivity contribution in [3.8, 4) is 0 Å². The van der Waals surface area contributed by atoms with Crippen LogP contribution in [0, 0.1) is 0 Å². The minimum atomic E-state index is 0.123. The molecule has 1 aromatic heterocycles. The van der Waals surface area contributed by atoms with Gasteiger partial charge >= 0.3 is 0 Å². The first kappa shape index (κ1) is 15.8. The maximum Gasteiger partial charge on any atom is 0.0802 e. The molecule has 1 aliphatic carbocycles. The lowest BCUT2D eigenvalue weighted by Gasteiger charge is -2.22. The predicted molar refractivity (Wildman–Crippen MR) is 86.5 cm³/mol. The van der Waals surface area contributed by atoms with Crippen LogP contribution in [-0.4, -0.2) is 11.5 Å². The summed E-state index contributed by atoms with van der Waals surface area (Å²) < 4.78 is 0. The Morgan fingerprint density at radius 2 is 2.15 bits per heavy atom. The number of hydrogen-bond donors (Lipinski definition) is 1. The van der Waals surface area contributed by atoms with E-state index in [2.05, 4.69) is 23.3 Å². The number of nitrogens with zero attached hydrogens (tertiary/aromatic N) is 1.